The van der Waals surface area contributed by atoms with E-state index < -0.39 is 0 Å². The first-order chi connectivity index (χ1) is 7.16. The van der Waals surface area contributed by atoms with Crippen LogP contribution in [0.15, 0.2) is 0 Å². The molecule has 0 amide bonds. The third-order valence-electron chi connectivity index (χ3n) is 3.16. The van der Waals surface area contributed by atoms with Crippen LogP contribution in [0.3, 0.4) is 0 Å². The highest BCUT2D eigenvalue weighted by atomic mass is 35.5. The summed E-state index contributed by atoms with van der Waals surface area (Å²) in [6, 6.07) is 0. The molecule has 1 aromatic rings. The number of hydrogen-bond acceptors (Lipinski definition) is 4. The van der Waals surface area contributed by atoms with E-state index in [0.717, 1.165) is 25.3 Å². The van der Waals surface area contributed by atoms with Gasteiger partial charge >= 0.3 is 0 Å². The molecular weight excluding hydrogens is 216 g/mol. The Hall–Kier alpha value is -0.680. The zero-order valence-electron chi connectivity index (χ0n) is 8.98. The van der Waals surface area contributed by atoms with E-state index in [0.29, 0.717) is 5.88 Å². The highest BCUT2D eigenvalue weighted by Gasteiger charge is 2.41. The first kappa shape index (κ1) is 10.8. The van der Waals surface area contributed by atoms with E-state index in [-0.39, 0.29) is 11.5 Å². The number of aromatic nitrogens is 4. The van der Waals surface area contributed by atoms with Gasteiger partial charge in [0.05, 0.1) is 13.2 Å². The van der Waals surface area contributed by atoms with E-state index in [1.54, 1.807) is 7.05 Å². The molecule has 2 rings (SSSR count). The monoisotopic (exact) mass is 230 g/mol. The Morgan fingerprint density at radius 1 is 1.67 bits per heavy atom. The van der Waals surface area contributed by atoms with Crippen molar-refractivity contribution < 1.29 is 4.74 Å². The Morgan fingerprint density at radius 3 is 2.93 bits per heavy atom. The predicted molar refractivity (Wildman–Crippen MR) is 55.7 cm³/mol. The van der Waals surface area contributed by atoms with Crippen molar-refractivity contribution in [3.8, 4) is 0 Å². The van der Waals surface area contributed by atoms with Gasteiger partial charge in [0, 0.05) is 24.3 Å². The maximum Gasteiger partial charge on any atom is 0.175 e. The summed E-state index contributed by atoms with van der Waals surface area (Å²) >= 11 is 6.05. The molecule has 0 radical (unpaired) electrons. The van der Waals surface area contributed by atoms with Gasteiger partial charge in [-0.15, -0.1) is 21.8 Å². The zero-order chi connectivity index (χ0) is 10.9. The van der Waals surface area contributed by atoms with Crippen molar-refractivity contribution in [2.24, 2.45) is 12.5 Å². The molecule has 0 aliphatic carbocycles. The van der Waals surface area contributed by atoms with E-state index in [1.807, 2.05) is 0 Å². The summed E-state index contributed by atoms with van der Waals surface area (Å²) in [4.78, 5) is 1.47. The van der Waals surface area contributed by atoms with Crippen LogP contribution in [0.4, 0.5) is 0 Å². The summed E-state index contributed by atoms with van der Waals surface area (Å²) in [5.41, 5.74) is -0.0232. The Kier molecular flexibility index (Phi) is 2.93. The van der Waals surface area contributed by atoms with Crippen LogP contribution in [0.2, 0.25) is 0 Å². The summed E-state index contributed by atoms with van der Waals surface area (Å²) in [5.74, 6) is 1.32. The molecule has 0 bridgehead atoms. The molecule has 1 saturated heterocycles. The summed E-state index contributed by atoms with van der Waals surface area (Å²) in [6.45, 7) is 2.83. The van der Waals surface area contributed by atoms with Crippen molar-refractivity contribution in [1.82, 2.24) is 20.2 Å². The lowest BCUT2D eigenvalue weighted by atomic mass is 9.80. The van der Waals surface area contributed by atoms with Gasteiger partial charge in [-0.25, -0.2) is 0 Å². The molecule has 1 aromatic heterocycles. The lowest BCUT2D eigenvalue weighted by Crippen LogP contribution is -2.33. The Balaban J connectivity index is 2.14. The Labute approximate surface area is 93.7 Å². The Bertz CT molecular complexity index is 343. The molecule has 2 unspecified atom stereocenters. The fraction of sp³-hybridized carbons (Fsp3) is 0.889. The van der Waals surface area contributed by atoms with E-state index in [9.17, 15) is 0 Å². The van der Waals surface area contributed by atoms with Gasteiger partial charge in [0.2, 0.25) is 0 Å². The molecule has 0 aromatic carbocycles. The third-order valence-corrected chi connectivity index (χ3v) is 3.69. The summed E-state index contributed by atoms with van der Waals surface area (Å²) in [6.07, 6.45) is 1.88. The van der Waals surface area contributed by atoms with Crippen molar-refractivity contribution >= 4 is 11.6 Å². The second-order valence-corrected chi connectivity index (χ2v) is 4.40. The molecule has 2 atom stereocenters. The number of alkyl halides is 1. The van der Waals surface area contributed by atoms with E-state index >= 15 is 0 Å². The van der Waals surface area contributed by atoms with Gasteiger partial charge in [0.25, 0.3) is 0 Å². The molecular formula is C9H15ClN4O. The maximum atomic E-state index is 6.05. The second kappa shape index (κ2) is 4.06. The molecule has 1 fully saturated rings. The largest absolute Gasteiger partial charge is 0.378 e. The van der Waals surface area contributed by atoms with E-state index in [2.05, 4.69) is 22.3 Å². The zero-order valence-corrected chi connectivity index (χ0v) is 9.74. The first-order valence-corrected chi connectivity index (χ1v) is 5.60. The maximum absolute atomic E-state index is 6.05. The fourth-order valence-electron chi connectivity index (χ4n) is 1.98. The number of aryl methyl sites for hydroxylation is 1. The highest BCUT2D eigenvalue weighted by Crippen LogP contribution is 2.38. The smallest absolute Gasteiger partial charge is 0.175 e. The number of nitrogens with zero attached hydrogens (tertiary/aromatic N) is 4. The number of tetrazole rings is 1. The molecule has 2 heterocycles. The second-order valence-electron chi connectivity index (χ2n) is 4.13. The van der Waals surface area contributed by atoms with Crippen LogP contribution >= 0.6 is 11.6 Å². The van der Waals surface area contributed by atoms with Gasteiger partial charge in [-0.05, 0) is 18.6 Å². The fourth-order valence-corrected chi connectivity index (χ4v) is 2.43. The molecule has 1 aliphatic rings. The SMILES string of the molecule is CC1OCCC1(CCl)Cc1nnn(C)n1. The van der Waals surface area contributed by atoms with Gasteiger partial charge in [0.15, 0.2) is 5.82 Å². The molecule has 0 N–H and O–H groups in total. The van der Waals surface area contributed by atoms with Crippen LogP contribution in [-0.2, 0) is 18.2 Å². The van der Waals surface area contributed by atoms with Gasteiger partial charge in [-0.1, -0.05) is 0 Å². The third kappa shape index (κ3) is 1.99. The van der Waals surface area contributed by atoms with E-state index in [1.165, 1.54) is 4.80 Å². The van der Waals surface area contributed by atoms with Crippen molar-refractivity contribution in [3.05, 3.63) is 5.82 Å². The van der Waals surface area contributed by atoms with Gasteiger partial charge in [-0.2, -0.15) is 4.80 Å². The van der Waals surface area contributed by atoms with Crippen LogP contribution in [0.5, 0.6) is 0 Å². The van der Waals surface area contributed by atoms with Crippen LogP contribution in [0.25, 0.3) is 0 Å². The molecule has 1 aliphatic heterocycles. The minimum atomic E-state index is -0.0232. The topological polar surface area (TPSA) is 52.8 Å². The summed E-state index contributed by atoms with van der Waals surface area (Å²) < 4.78 is 5.57. The minimum absolute atomic E-state index is 0.0232. The van der Waals surface area contributed by atoms with Gasteiger partial charge < -0.3 is 4.74 Å². The van der Waals surface area contributed by atoms with Crippen LogP contribution in [0.1, 0.15) is 19.2 Å². The van der Waals surface area contributed by atoms with Crippen molar-refractivity contribution in [3.63, 3.8) is 0 Å². The highest BCUT2D eigenvalue weighted by molar-refractivity contribution is 6.18. The number of rotatable bonds is 3. The van der Waals surface area contributed by atoms with Crippen LogP contribution in [0, 0.1) is 5.41 Å². The first-order valence-electron chi connectivity index (χ1n) is 5.07. The normalized spacial score (nSPS) is 31.0. The van der Waals surface area contributed by atoms with Crippen molar-refractivity contribution in [2.75, 3.05) is 12.5 Å². The molecule has 0 saturated carbocycles. The van der Waals surface area contributed by atoms with Crippen LogP contribution in [-0.4, -0.2) is 38.8 Å². The number of hydrogen-bond donors (Lipinski definition) is 0. The quantitative estimate of drug-likeness (QED) is 0.721. The number of ether oxygens (including phenoxy) is 1. The molecule has 0 spiro atoms. The molecule has 6 heteroatoms. The Morgan fingerprint density at radius 2 is 2.47 bits per heavy atom. The molecule has 84 valence electrons. The minimum Gasteiger partial charge on any atom is -0.378 e. The number of halogens is 1. The van der Waals surface area contributed by atoms with Crippen molar-refractivity contribution in [2.45, 2.75) is 25.9 Å². The predicted octanol–water partition coefficient (Wildman–Crippen LogP) is 0.787. The molecule has 15 heavy (non-hydrogen) atoms. The van der Waals surface area contributed by atoms with Crippen LogP contribution < -0.4 is 0 Å². The van der Waals surface area contributed by atoms with Gasteiger partial charge in [0.1, 0.15) is 0 Å². The average molecular weight is 231 g/mol. The van der Waals surface area contributed by atoms with E-state index in [4.69, 9.17) is 16.3 Å². The lowest BCUT2D eigenvalue weighted by Gasteiger charge is -2.28. The average Bonchev–Trinajstić information content (AvgIpc) is 2.76. The van der Waals surface area contributed by atoms with Gasteiger partial charge in [-0.3, -0.25) is 0 Å². The van der Waals surface area contributed by atoms with Crippen molar-refractivity contribution in [1.29, 1.82) is 0 Å². The molecule has 5 nitrogen and oxygen atoms in total. The lowest BCUT2D eigenvalue weighted by molar-refractivity contribution is 0.0726. The summed E-state index contributed by atoms with van der Waals surface area (Å²) in [5, 5.41) is 12.0. The summed E-state index contributed by atoms with van der Waals surface area (Å²) in [7, 11) is 1.76. The standard InChI is InChI=1S/C9H15ClN4O/c1-7-9(6-10,3-4-15-7)5-8-11-13-14(2)12-8/h7H,3-6H2,1-2H3.